The van der Waals surface area contributed by atoms with Crippen LogP contribution in [0.15, 0.2) is 28.8 Å². The van der Waals surface area contributed by atoms with Crippen molar-refractivity contribution in [2.24, 2.45) is 0 Å². The molecule has 0 spiro atoms. The van der Waals surface area contributed by atoms with E-state index in [0.29, 0.717) is 36.5 Å². The Hall–Kier alpha value is -1.47. The van der Waals surface area contributed by atoms with Crippen molar-refractivity contribution in [3.8, 4) is 11.4 Å². The number of aromatic nitrogens is 2. The van der Waals surface area contributed by atoms with Gasteiger partial charge in [-0.25, -0.2) is 0 Å². The zero-order valence-corrected chi connectivity index (χ0v) is 12.2. The number of aliphatic hydroxyl groups is 1. The van der Waals surface area contributed by atoms with Crippen molar-refractivity contribution in [1.29, 1.82) is 0 Å². The molecule has 1 unspecified atom stereocenters. The molecule has 0 amide bonds. The minimum Gasteiger partial charge on any atom is -0.395 e. The summed E-state index contributed by atoms with van der Waals surface area (Å²) in [6, 6.07) is 7.33. The first kappa shape index (κ1) is 14.5. The van der Waals surface area contributed by atoms with Crippen molar-refractivity contribution in [2.75, 3.05) is 26.4 Å². The number of nitrogens with zero attached hydrogens (tertiary/aromatic N) is 3. The normalized spacial score (nSPS) is 19.8. The van der Waals surface area contributed by atoms with Crippen molar-refractivity contribution < 1.29 is 14.4 Å². The van der Waals surface area contributed by atoms with Crippen LogP contribution in [0.5, 0.6) is 0 Å². The fourth-order valence-corrected chi connectivity index (χ4v) is 2.53. The molecule has 112 valence electrons. The van der Waals surface area contributed by atoms with Crippen LogP contribution in [0.25, 0.3) is 11.4 Å². The molecule has 1 aliphatic rings. The lowest BCUT2D eigenvalue weighted by molar-refractivity contribution is -0.0348. The maximum absolute atomic E-state index is 9.35. The van der Waals surface area contributed by atoms with Crippen LogP contribution in [0.2, 0.25) is 5.02 Å². The van der Waals surface area contributed by atoms with Crippen LogP contribution in [-0.2, 0) is 11.3 Å². The Labute approximate surface area is 127 Å². The van der Waals surface area contributed by atoms with E-state index in [1.807, 2.05) is 18.2 Å². The first-order valence-corrected chi connectivity index (χ1v) is 7.16. The zero-order chi connectivity index (χ0) is 14.7. The van der Waals surface area contributed by atoms with Crippen LogP contribution < -0.4 is 0 Å². The van der Waals surface area contributed by atoms with Gasteiger partial charge in [0.05, 0.1) is 37.4 Å². The Morgan fingerprint density at radius 3 is 3.05 bits per heavy atom. The minimum absolute atomic E-state index is 0.0330. The monoisotopic (exact) mass is 309 g/mol. The van der Waals surface area contributed by atoms with Crippen molar-refractivity contribution in [2.45, 2.75) is 12.6 Å². The highest BCUT2D eigenvalue weighted by atomic mass is 35.5. The fourth-order valence-electron chi connectivity index (χ4n) is 2.31. The molecule has 0 bridgehead atoms. The van der Waals surface area contributed by atoms with E-state index in [4.69, 9.17) is 20.9 Å². The molecule has 6 nitrogen and oxygen atoms in total. The van der Waals surface area contributed by atoms with Crippen molar-refractivity contribution >= 4 is 11.6 Å². The van der Waals surface area contributed by atoms with Crippen LogP contribution in [0.3, 0.4) is 0 Å². The number of halogens is 1. The van der Waals surface area contributed by atoms with Gasteiger partial charge in [0.25, 0.3) is 0 Å². The molecule has 1 aliphatic heterocycles. The summed E-state index contributed by atoms with van der Waals surface area (Å²) in [6.45, 7) is 2.43. The summed E-state index contributed by atoms with van der Waals surface area (Å²) in [7, 11) is 0. The van der Waals surface area contributed by atoms with E-state index in [9.17, 15) is 5.11 Å². The highest BCUT2D eigenvalue weighted by Gasteiger charge is 2.24. The molecule has 21 heavy (non-hydrogen) atoms. The molecule has 2 aromatic rings. The number of ether oxygens (including phenoxy) is 1. The van der Waals surface area contributed by atoms with Gasteiger partial charge in [-0.1, -0.05) is 28.9 Å². The Kier molecular flexibility index (Phi) is 4.50. The summed E-state index contributed by atoms with van der Waals surface area (Å²) in [6.07, 6.45) is 0. The Morgan fingerprint density at radius 1 is 1.38 bits per heavy atom. The van der Waals surface area contributed by atoms with E-state index >= 15 is 0 Å². The van der Waals surface area contributed by atoms with Gasteiger partial charge >= 0.3 is 0 Å². The third kappa shape index (κ3) is 3.24. The minimum atomic E-state index is -0.0330. The predicted molar refractivity (Wildman–Crippen MR) is 76.8 cm³/mol. The fraction of sp³-hybridized carbons (Fsp3) is 0.429. The molecule has 7 heteroatoms. The average Bonchev–Trinajstić information content (AvgIpc) is 2.96. The molecular weight excluding hydrogens is 294 g/mol. The second-order valence-corrected chi connectivity index (χ2v) is 5.28. The third-order valence-corrected chi connectivity index (χ3v) is 3.81. The maximum atomic E-state index is 9.35. The standard InChI is InChI=1S/C14H16ClN3O3/c15-12-4-2-1-3-11(12)14-16-13(21-17-14)7-18-5-6-20-9-10(18)8-19/h1-4,10,19H,5-9H2. The second kappa shape index (κ2) is 6.53. The Bertz CT molecular complexity index is 605. The lowest BCUT2D eigenvalue weighted by atomic mass is 10.2. The highest BCUT2D eigenvalue weighted by Crippen LogP contribution is 2.25. The van der Waals surface area contributed by atoms with Gasteiger partial charge in [0.15, 0.2) is 0 Å². The summed E-state index contributed by atoms with van der Waals surface area (Å²) >= 11 is 6.12. The maximum Gasteiger partial charge on any atom is 0.241 e. The van der Waals surface area contributed by atoms with Gasteiger partial charge in [-0.15, -0.1) is 0 Å². The van der Waals surface area contributed by atoms with Crippen molar-refractivity contribution in [1.82, 2.24) is 15.0 Å². The Balaban J connectivity index is 1.75. The smallest absolute Gasteiger partial charge is 0.241 e. The lowest BCUT2D eigenvalue weighted by Gasteiger charge is -2.33. The number of hydrogen-bond donors (Lipinski definition) is 1. The van der Waals surface area contributed by atoms with Gasteiger partial charge in [-0.2, -0.15) is 4.98 Å². The molecule has 0 radical (unpaired) electrons. The molecule has 0 aliphatic carbocycles. The molecule has 2 heterocycles. The highest BCUT2D eigenvalue weighted by molar-refractivity contribution is 6.33. The quantitative estimate of drug-likeness (QED) is 0.924. The number of benzene rings is 1. The van der Waals surface area contributed by atoms with E-state index in [1.54, 1.807) is 6.07 Å². The summed E-state index contributed by atoms with van der Waals surface area (Å²) < 4.78 is 10.6. The van der Waals surface area contributed by atoms with Gasteiger partial charge in [0, 0.05) is 12.1 Å². The van der Waals surface area contributed by atoms with E-state index < -0.39 is 0 Å². The second-order valence-electron chi connectivity index (χ2n) is 4.87. The molecule has 1 N–H and O–H groups in total. The Morgan fingerprint density at radius 2 is 2.24 bits per heavy atom. The van der Waals surface area contributed by atoms with Gasteiger partial charge in [-0.05, 0) is 12.1 Å². The number of aliphatic hydroxyl groups excluding tert-OH is 1. The van der Waals surface area contributed by atoms with Crippen LogP contribution in [0.4, 0.5) is 0 Å². The molecule has 1 atom stereocenters. The largest absolute Gasteiger partial charge is 0.395 e. The lowest BCUT2D eigenvalue weighted by Crippen LogP contribution is -2.46. The summed E-state index contributed by atoms with van der Waals surface area (Å²) in [5.74, 6) is 0.981. The van der Waals surface area contributed by atoms with Crippen LogP contribution in [0.1, 0.15) is 5.89 Å². The van der Waals surface area contributed by atoms with E-state index in [2.05, 4.69) is 15.0 Å². The SMILES string of the molecule is OCC1COCCN1Cc1nc(-c2ccccc2Cl)no1. The number of morpholine rings is 1. The third-order valence-electron chi connectivity index (χ3n) is 3.48. The molecule has 1 saturated heterocycles. The first-order chi connectivity index (χ1) is 10.3. The topological polar surface area (TPSA) is 71.6 Å². The number of rotatable bonds is 4. The first-order valence-electron chi connectivity index (χ1n) is 6.78. The number of hydrogen-bond acceptors (Lipinski definition) is 6. The molecule has 1 aromatic heterocycles. The van der Waals surface area contributed by atoms with E-state index in [0.717, 1.165) is 12.1 Å². The van der Waals surface area contributed by atoms with Crippen LogP contribution in [-0.4, -0.2) is 52.6 Å². The van der Waals surface area contributed by atoms with E-state index in [1.165, 1.54) is 0 Å². The van der Waals surface area contributed by atoms with Gasteiger partial charge in [-0.3, -0.25) is 4.90 Å². The summed E-state index contributed by atoms with van der Waals surface area (Å²) in [4.78, 5) is 6.45. The summed E-state index contributed by atoms with van der Waals surface area (Å²) in [5, 5.41) is 13.9. The van der Waals surface area contributed by atoms with E-state index in [-0.39, 0.29) is 12.6 Å². The predicted octanol–water partition coefficient (Wildman–Crippen LogP) is 1.58. The van der Waals surface area contributed by atoms with Crippen molar-refractivity contribution in [3.05, 3.63) is 35.2 Å². The van der Waals surface area contributed by atoms with Gasteiger partial charge < -0.3 is 14.4 Å². The van der Waals surface area contributed by atoms with Gasteiger partial charge in [0.1, 0.15) is 0 Å². The van der Waals surface area contributed by atoms with Crippen LogP contribution in [0, 0.1) is 0 Å². The van der Waals surface area contributed by atoms with Gasteiger partial charge in [0.2, 0.25) is 11.7 Å². The zero-order valence-electron chi connectivity index (χ0n) is 11.4. The molecular formula is C14H16ClN3O3. The molecule has 1 aromatic carbocycles. The van der Waals surface area contributed by atoms with Crippen LogP contribution >= 0.6 is 11.6 Å². The van der Waals surface area contributed by atoms with Crippen molar-refractivity contribution in [3.63, 3.8) is 0 Å². The summed E-state index contributed by atoms with van der Waals surface area (Å²) in [5.41, 5.74) is 0.745. The molecule has 1 fully saturated rings. The molecule has 0 saturated carbocycles. The molecule has 3 rings (SSSR count). The average molecular weight is 310 g/mol.